The SMILES string of the molecule is c1ccc(CCc2ccc(P(c3ccc(CCc4ccccc4)cc3)c3ccc(CCc4ccccc4)cc3)cc2)cc1. The molecule has 0 aliphatic carbocycles. The fourth-order valence-electron chi connectivity index (χ4n) is 5.68. The molecule has 212 valence electrons. The molecule has 0 nitrogen and oxygen atoms in total. The second-order valence-corrected chi connectivity index (χ2v) is 13.5. The summed E-state index contributed by atoms with van der Waals surface area (Å²) in [4.78, 5) is 0. The van der Waals surface area contributed by atoms with E-state index in [0.717, 1.165) is 38.5 Å². The van der Waals surface area contributed by atoms with Crippen molar-refractivity contribution < 1.29 is 0 Å². The third kappa shape index (κ3) is 8.19. The Morgan fingerprint density at radius 3 is 0.674 bits per heavy atom. The molecule has 0 N–H and O–H groups in total. The van der Waals surface area contributed by atoms with Crippen LogP contribution in [0.1, 0.15) is 33.4 Å². The average Bonchev–Trinajstić information content (AvgIpc) is 3.09. The first-order chi connectivity index (χ1) is 21.3. The number of hydrogen-bond donors (Lipinski definition) is 0. The third-order valence-electron chi connectivity index (χ3n) is 8.22. The van der Waals surface area contributed by atoms with Gasteiger partial charge in [-0.05, 0) is 95.7 Å². The number of aryl methyl sites for hydroxylation is 6. The summed E-state index contributed by atoms with van der Waals surface area (Å²) >= 11 is 0. The van der Waals surface area contributed by atoms with E-state index < -0.39 is 7.92 Å². The molecule has 0 heterocycles. The van der Waals surface area contributed by atoms with Crippen LogP contribution >= 0.6 is 7.92 Å². The van der Waals surface area contributed by atoms with E-state index >= 15 is 0 Å². The molecule has 0 aliphatic heterocycles. The van der Waals surface area contributed by atoms with Crippen LogP contribution in [-0.4, -0.2) is 0 Å². The van der Waals surface area contributed by atoms with E-state index in [0.29, 0.717) is 0 Å². The summed E-state index contributed by atoms with van der Waals surface area (Å²) in [5, 5.41) is 4.23. The van der Waals surface area contributed by atoms with E-state index in [1.165, 1.54) is 49.3 Å². The van der Waals surface area contributed by atoms with Gasteiger partial charge in [0.1, 0.15) is 0 Å². The molecule has 0 aliphatic rings. The molecular weight excluding hydrogens is 535 g/mol. The summed E-state index contributed by atoms with van der Waals surface area (Å²) in [7, 11) is -0.642. The minimum atomic E-state index is -0.642. The van der Waals surface area contributed by atoms with Gasteiger partial charge >= 0.3 is 0 Å². The maximum atomic E-state index is 2.37. The third-order valence-corrected chi connectivity index (χ3v) is 10.7. The summed E-state index contributed by atoms with van der Waals surface area (Å²) in [6.07, 6.45) is 6.41. The highest BCUT2D eigenvalue weighted by molar-refractivity contribution is 7.79. The van der Waals surface area contributed by atoms with E-state index in [1.807, 2.05) is 0 Å². The van der Waals surface area contributed by atoms with Crippen molar-refractivity contribution in [2.75, 3.05) is 0 Å². The van der Waals surface area contributed by atoms with Crippen molar-refractivity contribution in [2.24, 2.45) is 0 Å². The van der Waals surface area contributed by atoms with Crippen LogP contribution < -0.4 is 15.9 Å². The van der Waals surface area contributed by atoms with Gasteiger partial charge in [-0.25, -0.2) is 0 Å². The monoisotopic (exact) mass is 574 g/mol. The standard InChI is InChI=1S/C42H39P/c1-4-10-34(11-5-1)16-19-37-22-28-40(29-23-37)43(41-30-24-38(25-31-41)20-17-35-12-6-2-7-13-35)42-32-26-39(27-33-42)21-18-36-14-8-3-9-15-36/h1-15,22-33H,16-21H2. The average molecular weight is 575 g/mol. The van der Waals surface area contributed by atoms with Crippen molar-refractivity contribution >= 4 is 23.8 Å². The summed E-state index contributed by atoms with van der Waals surface area (Å²) in [5.41, 5.74) is 8.39. The zero-order chi connectivity index (χ0) is 29.1. The minimum Gasteiger partial charge on any atom is -0.0622 e. The molecule has 0 amide bonds. The summed E-state index contributed by atoms with van der Waals surface area (Å²) in [6, 6.07) is 60.7. The fraction of sp³-hybridized carbons (Fsp3) is 0.143. The van der Waals surface area contributed by atoms with Crippen LogP contribution in [0.5, 0.6) is 0 Å². The topological polar surface area (TPSA) is 0 Å². The normalized spacial score (nSPS) is 11.1. The van der Waals surface area contributed by atoms with Gasteiger partial charge in [0.15, 0.2) is 0 Å². The smallest absolute Gasteiger partial charge is 0.0134 e. The van der Waals surface area contributed by atoms with Crippen molar-refractivity contribution in [2.45, 2.75) is 38.5 Å². The molecule has 0 bridgehead atoms. The molecule has 0 aromatic heterocycles. The lowest BCUT2D eigenvalue weighted by molar-refractivity contribution is 0.961. The van der Waals surface area contributed by atoms with E-state index in [4.69, 9.17) is 0 Å². The lowest BCUT2D eigenvalue weighted by Crippen LogP contribution is -2.21. The summed E-state index contributed by atoms with van der Waals surface area (Å²) in [5.74, 6) is 0. The zero-order valence-electron chi connectivity index (χ0n) is 24.8. The molecule has 6 rings (SSSR count). The van der Waals surface area contributed by atoms with Gasteiger partial charge in [0, 0.05) is 0 Å². The van der Waals surface area contributed by atoms with Crippen molar-refractivity contribution in [3.8, 4) is 0 Å². The first-order valence-corrected chi connectivity index (χ1v) is 16.8. The predicted molar refractivity (Wildman–Crippen MR) is 187 cm³/mol. The van der Waals surface area contributed by atoms with Gasteiger partial charge < -0.3 is 0 Å². The Morgan fingerprint density at radius 2 is 0.442 bits per heavy atom. The highest BCUT2D eigenvalue weighted by Crippen LogP contribution is 2.33. The predicted octanol–water partition coefficient (Wildman–Crippen LogP) is 8.80. The van der Waals surface area contributed by atoms with Crippen molar-refractivity contribution in [1.29, 1.82) is 0 Å². The van der Waals surface area contributed by atoms with Crippen molar-refractivity contribution in [3.05, 3.63) is 197 Å². The van der Waals surface area contributed by atoms with Crippen LogP contribution in [0, 0.1) is 0 Å². The Morgan fingerprint density at radius 1 is 0.233 bits per heavy atom. The Labute approximate surface area is 258 Å². The fourth-order valence-corrected chi connectivity index (χ4v) is 7.92. The number of hydrogen-bond acceptors (Lipinski definition) is 0. The molecule has 0 saturated carbocycles. The summed E-state index contributed by atoms with van der Waals surface area (Å²) < 4.78 is 0. The van der Waals surface area contributed by atoms with Crippen LogP contribution in [0.25, 0.3) is 0 Å². The van der Waals surface area contributed by atoms with Crippen LogP contribution in [0.3, 0.4) is 0 Å². The summed E-state index contributed by atoms with van der Waals surface area (Å²) in [6.45, 7) is 0. The van der Waals surface area contributed by atoms with Crippen molar-refractivity contribution in [3.63, 3.8) is 0 Å². The molecule has 0 atom stereocenters. The lowest BCUT2D eigenvalue weighted by atomic mass is 10.0. The highest BCUT2D eigenvalue weighted by atomic mass is 31.1. The molecule has 6 aromatic rings. The van der Waals surface area contributed by atoms with Crippen LogP contribution in [0.2, 0.25) is 0 Å². The first kappa shape index (κ1) is 28.9. The van der Waals surface area contributed by atoms with Crippen LogP contribution in [0.4, 0.5) is 0 Å². The number of rotatable bonds is 12. The van der Waals surface area contributed by atoms with Gasteiger partial charge in [0.2, 0.25) is 0 Å². The molecule has 0 spiro atoms. The molecule has 1 heteroatoms. The van der Waals surface area contributed by atoms with E-state index in [9.17, 15) is 0 Å². The van der Waals surface area contributed by atoms with Crippen molar-refractivity contribution in [1.82, 2.24) is 0 Å². The molecular formula is C42H39P. The highest BCUT2D eigenvalue weighted by Gasteiger charge is 2.17. The Hall–Kier alpha value is -4.25. The molecule has 0 saturated heterocycles. The van der Waals surface area contributed by atoms with Gasteiger partial charge in [0.05, 0.1) is 0 Å². The Bertz CT molecular complexity index is 1450. The van der Waals surface area contributed by atoms with Gasteiger partial charge in [0.25, 0.3) is 0 Å². The van der Waals surface area contributed by atoms with E-state index in [-0.39, 0.29) is 0 Å². The van der Waals surface area contributed by atoms with E-state index in [1.54, 1.807) is 0 Å². The quantitative estimate of drug-likeness (QED) is 0.128. The van der Waals surface area contributed by atoms with Gasteiger partial charge in [-0.3, -0.25) is 0 Å². The lowest BCUT2D eigenvalue weighted by Gasteiger charge is -2.20. The van der Waals surface area contributed by atoms with Gasteiger partial charge in [-0.15, -0.1) is 0 Å². The largest absolute Gasteiger partial charge is 0.0622 e. The second-order valence-electron chi connectivity index (χ2n) is 11.3. The Kier molecular flexibility index (Phi) is 9.91. The molecule has 6 aromatic carbocycles. The minimum absolute atomic E-state index is 0.642. The Balaban J connectivity index is 1.21. The van der Waals surface area contributed by atoms with Gasteiger partial charge in [-0.1, -0.05) is 164 Å². The molecule has 43 heavy (non-hydrogen) atoms. The number of benzene rings is 6. The van der Waals surface area contributed by atoms with Gasteiger partial charge in [-0.2, -0.15) is 0 Å². The second kappa shape index (κ2) is 14.8. The molecule has 0 unspecified atom stereocenters. The zero-order valence-corrected chi connectivity index (χ0v) is 25.7. The maximum Gasteiger partial charge on any atom is -0.0134 e. The van der Waals surface area contributed by atoms with E-state index in [2.05, 4.69) is 164 Å². The molecule has 0 radical (unpaired) electrons. The van der Waals surface area contributed by atoms with Crippen LogP contribution in [0.15, 0.2) is 164 Å². The maximum absolute atomic E-state index is 2.37. The van der Waals surface area contributed by atoms with Crippen LogP contribution in [-0.2, 0) is 38.5 Å². The first-order valence-electron chi connectivity index (χ1n) is 15.5. The molecule has 0 fully saturated rings.